The van der Waals surface area contributed by atoms with E-state index in [0.717, 1.165) is 49.8 Å². The number of pyridine rings is 1. The molecule has 0 radical (unpaired) electrons. The lowest BCUT2D eigenvalue weighted by Crippen LogP contribution is -2.09. The van der Waals surface area contributed by atoms with Crippen molar-refractivity contribution in [2.24, 2.45) is 0 Å². The summed E-state index contributed by atoms with van der Waals surface area (Å²) in [6, 6.07) is 0. The second-order valence-electron chi connectivity index (χ2n) is 9.24. The number of carbonyl (C=O) groups is 1. The molecule has 1 aromatic heterocycles. The highest BCUT2D eigenvalue weighted by Crippen LogP contribution is 2.44. The number of ketones is 1. The van der Waals surface area contributed by atoms with Crippen LogP contribution in [-0.4, -0.2) is 15.9 Å². The van der Waals surface area contributed by atoms with E-state index in [1.807, 2.05) is 27.7 Å². The highest BCUT2D eigenvalue weighted by atomic mass is 16.3. The number of carbonyl (C=O) groups excluding carboxylic acids is 1. The van der Waals surface area contributed by atoms with Gasteiger partial charge in [0.1, 0.15) is 5.76 Å². The van der Waals surface area contributed by atoms with Crippen LogP contribution in [0.15, 0.2) is 0 Å². The smallest absolute Gasteiger partial charge is 0.200 e. The topological polar surface area (TPSA) is 50.2 Å². The van der Waals surface area contributed by atoms with Crippen LogP contribution in [0.2, 0.25) is 0 Å². The lowest BCUT2D eigenvalue weighted by Gasteiger charge is -2.19. The van der Waals surface area contributed by atoms with E-state index in [1.165, 1.54) is 16.7 Å². The van der Waals surface area contributed by atoms with Gasteiger partial charge in [-0.2, -0.15) is 0 Å². The predicted molar refractivity (Wildman–Crippen MR) is 129 cm³/mol. The number of allylic oxidation sites excluding steroid dienone is 1. The van der Waals surface area contributed by atoms with E-state index in [4.69, 9.17) is 4.98 Å². The van der Waals surface area contributed by atoms with Crippen LogP contribution in [0.25, 0.3) is 22.2 Å². The van der Waals surface area contributed by atoms with Crippen LogP contribution in [0.5, 0.6) is 0 Å². The van der Waals surface area contributed by atoms with Crippen LogP contribution in [0.1, 0.15) is 77.2 Å². The highest BCUT2D eigenvalue weighted by molar-refractivity contribution is 6.39. The van der Waals surface area contributed by atoms with Gasteiger partial charge in [-0.1, -0.05) is 0 Å². The van der Waals surface area contributed by atoms with Gasteiger partial charge in [0.25, 0.3) is 0 Å². The maximum atomic E-state index is 13.7. The van der Waals surface area contributed by atoms with Crippen LogP contribution in [0, 0.1) is 69.2 Å². The molecule has 0 aliphatic heterocycles. The molecule has 0 unspecified atom stereocenters. The number of fused-ring (bicyclic) bond motifs is 2. The van der Waals surface area contributed by atoms with Crippen LogP contribution in [-0.2, 0) is 0 Å². The average Bonchev–Trinajstić information content (AvgIpc) is 2.99. The van der Waals surface area contributed by atoms with Crippen molar-refractivity contribution >= 4 is 28.0 Å². The Hall–Kier alpha value is -2.94. The van der Waals surface area contributed by atoms with E-state index in [9.17, 15) is 9.90 Å². The maximum absolute atomic E-state index is 13.7. The van der Waals surface area contributed by atoms with Gasteiger partial charge in [0.15, 0.2) is 5.78 Å². The van der Waals surface area contributed by atoms with E-state index >= 15 is 0 Å². The second-order valence-corrected chi connectivity index (χ2v) is 9.24. The molecule has 0 fully saturated rings. The molecular formula is C28H31NO2. The lowest BCUT2D eigenvalue weighted by molar-refractivity contribution is 0.105. The van der Waals surface area contributed by atoms with Crippen LogP contribution < -0.4 is 0 Å². The Morgan fingerprint density at radius 1 is 0.548 bits per heavy atom. The summed E-state index contributed by atoms with van der Waals surface area (Å²) in [5, 5.41) is 12.5. The zero-order valence-corrected chi connectivity index (χ0v) is 20.3. The predicted octanol–water partition coefficient (Wildman–Crippen LogP) is 6.94. The van der Waals surface area contributed by atoms with Gasteiger partial charge in [0, 0.05) is 16.5 Å². The highest BCUT2D eigenvalue weighted by Gasteiger charge is 2.37. The van der Waals surface area contributed by atoms with Crippen molar-refractivity contribution in [1.29, 1.82) is 0 Å². The number of nitrogens with zero attached hydrogens (tertiary/aromatic N) is 1. The summed E-state index contributed by atoms with van der Waals surface area (Å²) in [6.07, 6.45) is 0. The van der Waals surface area contributed by atoms with Crippen molar-refractivity contribution in [1.82, 2.24) is 4.98 Å². The molecule has 0 spiro atoms. The summed E-state index contributed by atoms with van der Waals surface area (Å²) >= 11 is 0. The molecule has 1 aliphatic carbocycles. The fourth-order valence-electron chi connectivity index (χ4n) is 5.17. The number of aliphatic hydroxyl groups excluding tert-OH is 1. The largest absolute Gasteiger partial charge is 0.506 e. The zero-order valence-electron chi connectivity index (χ0n) is 20.3. The van der Waals surface area contributed by atoms with Gasteiger partial charge in [-0.3, -0.25) is 4.79 Å². The van der Waals surface area contributed by atoms with Crippen molar-refractivity contribution in [2.75, 3.05) is 0 Å². The van der Waals surface area contributed by atoms with Gasteiger partial charge in [0.05, 0.1) is 16.8 Å². The Kier molecular flexibility index (Phi) is 4.66. The van der Waals surface area contributed by atoms with Crippen LogP contribution >= 0.6 is 0 Å². The van der Waals surface area contributed by atoms with Gasteiger partial charge < -0.3 is 5.11 Å². The zero-order chi connectivity index (χ0) is 23.1. The number of benzene rings is 2. The van der Waals surface area contributed by atoms with Crippen molar-refractivity contribution in [3.8, 4) is 0 Å². The van der Waals surface area contributed by atoms with Crippen molar-refractivity contribution < 1.29 is 9.90 Å². The molecule has 0 bridgehead atoms. The van der Waals surface area contributed by atoms with Gasteiger partial charge in [0.2, 0.25) is 0 Å². The number of hydrogen-bond acceptors (Lipinski definition) is 3. The molecule has 160 valence electrons. The number of aromatic nitrogens is 1. The third-order valence-corrected chi connectivity index (χ3v) is 8.02. The molecule has 3 aromatic rings. The molecule has 31 heavy (non-hydrogen) atoms. The van der Waals surface area contributed by atoms with E-state index in [0.29, 0.717) is 22.4 Å². The first-order valence-corrected chi connectivity index (χ1v) is 10.9. The molecule has 4 rings (SSSR count). The van der Waals surface area contributed by atoms with Crippen LogP contribution in [0.4, 0.5) is 0 Å². The third kappa shape index (κ3) is 2.59. The molecule has 0 saturated carbocycles. The molecule has 0 saturated heterocycles. The van der Waals surface area contributed by atoms with E-state index in [2.05, 4.69) is 41.5 Å². The number of Topliss-reactive ketones (excluding diaryl/α,β-unsaturated/α-hetero) is 1. The Labute approximate surface area is 184 Å². The first-order valence-electron chi connectivity index (χ1n) is 10.9. The summed E-state index contributed by atoms with van der Waals surface area (Å²) in [5.74, 6) is -0.0555. The Balaban J connectivity index is 2.12. The molecule has 3 nitrogen and oxygen atoms in total. The normalized spacial score (nSPS) is 13.5. The molecular weight excluding hydrogens is 382 g/mol. The van der Waals surface area contributed by atoms with Gasteiger partial charge in [-0.25, -0.2) is 4.98 Å². The van der Waals surface area contributed by atoms with Crippen molar-refractivity contribution in [3.63, 3.8) is 0 Å². The molecule has 1 N–H and O–H groups in total. The molecule has 1 aliphatic rings. The minimum absolute atomic E-state index is 0.0660. The summed E-state index contributed by atoms with van der Waals surface area (Å²) in [6.45, 7) is 20.7. The number of rotatable bonds is 1. The standard InChI is InChI=1S/C28H31NO2/c1-11-12(2)17(7)23-22(16(11)6)27(30)24(28(23)31)26-20(10)18(8)21-15(5)13(3)14(4)19(9)25(21)29-26/h30H,1-10H3. The van der Waals surface area contributed by atoms with Crippen LogP contribution in [0.3, 0.4) is 0 Å². The molecule has 0 amide bonds. The lowest BCUT2D eigenvalue weighted by atomic mass is 9.88. The molecule has 1 heterocycles. The first kappa shape index (κ1) is 21.3. The number of aliphatic hydroxyl groups is 1. The fraction of sp³-hybridized carbons (Fsp3) is 0.357. The first-order chi connectivity index (χ1) is 14.4. The summed E-state index contributed by atoms with van der Waals surface area (Å²) in [5.41, 5.74) is 14.2. The molecule has 0 atom stereocenters. The fourth-order valence-corrected chi connectivity index (χ4v) is 5.17. The van der Waals surface area contributed by atoms with E-state index in [-0.39, 0.29) is 11.5 Å². The third-order valence-electron chi connectivity index (χ3n) is 8.02. The Morgan fingerprint density at radius 3 is 1.58 bits per heavy atom. The second kappa shape index (κ2) is 6.78. The SMILES string of the molecule is Cc1c(C)c(C)c2c(c1C)C(=O)C(c1nc3c(C)c(C)c(C)c(C)c3c(C)c1C)=C2O. The van der Waals surface area contributed by atoms with E-state index in [1.54, 1.807) is 0 Å². The van der Waals surface area contributed by atoms with Gasteiger partial charge in [-0.15, -0.1) is 0 Å². The number of aryl methyl sites for hydroxylation is 3. The van der Waals surface area contributed by atoms with Crippen molar-refractivity contribution in [2.45, 2.75) is 69.2 Å². The summed E-state index contributed by atoms with van der Waals surface area (Å²) < 4.78 is 0. The van der Waals surface area contributed by atoms with Gasteiger partial charge >= 0.3 is 0 Å². The maximum Gasteiger partial charge on any atom is 0.200 e. The number of hydrogen-bond donors (Lipinski definition) is 1. The summed E-state index contributed by atoms with van der Waals surface area (Å²) in [4.78, 5) is 18.7. The quantitative estimate of drug-likeness (QED) is 0.470. The van der Waals surface area contributed by atoms with Gasteiger partial charge in [-0.05, 0) is 125 Å². The Morgan fingerprint density at radius 2 is 1.00 bits per heavy atom. The summed E-state index contributed by atoms with van der Waals surface area (Å²) in [7, 11) is 0. The molecule has 2 aromatic carbocycles. The minimum atomic E-state index is -0.122. The minimum Gasteiger partial charge on any atom is -0.506 e. The average molecular weight is 414 g/mol. The monoisotopic (exact) mass is 413 g/mol. The van der Waals surface area contributed by atoms with Crippen molar-refractivity contribution in [3.05, 3.63) is 72.5 Å². The Bertz CT molecular complexity index is 1390. The van der Waals surface area contributed by atoms with E-state index < -0.39 is 0 Å². The molecule has 3 heteroatoms.